The van der Waals surface area contributed by atoms with Gasteiger partial charge in [0.15, 0.2) is 0 Å². The van der Waals surface area contributed by atoms with Crippen molar-refractivity contribution in [2.24, 2.45) is 5.73 Å². The van der Waals surface area contributed by atoms with E-state index in [-0.39, 0.29) is 5.88 Å². The smallest absolute Gasteiger partial charge is 0.389 e. The number of hydrogen-bond acceptors (Lipinski definition) is 5. The second-order valence-electron chi connectivity index (χ2n) is 1.16. The van der Waals surface area contributed by atoms with Crippen LogP contribution in [0.4, 0.5) is 4.79 Å². The Morgan fingerprint density at radius 3 is 3.11 bits per heavy atom. The molecular weight excluding hydrogens is 142 g/mol. The molecule has 0 aliphatic carbocycles. The first kappa shape index (κ1) is 5.96. The van der Waals surface area contributed by atoms with Crippen molar-refractivity contribution in [2.45, 2.75) is 0 Å². The predicted octanol–water partition coefficient (Wildman–Crippen LogP) is -0.00440. The number of hydrogen-bond donors (Lipinski definition) is 1. The maximum atomic E-state index is 10.0. The number of carbonyl (C=O) groups is 1. The van der Waals surface area contributed by atoms with Gasteiger partial charge >= 0.3 is 6.09 Å². The topological polar surface area (TPSA) is 78.1 Å². The van der Waals surface area contributed by atoms with Crippen LogP contribution < -0.4 is 10.5 Å². The zero-order valence-corrected chi connectivity index (χ0v) is 5.09. The number of nitrogens with two attached hydrogens (primary N) is 1. The predicted molar refractivity (Wildman–Crippen MR) is 30.1 cm³/mol. The molecule has 5 nitrogen and oxygen atoms in total. The molecule has 0 aromatic carbocycles. The Hall–Kier alpha value is -1.17. The number of amides is 1. The summed E-state index contributed by atoms with van der Waals surface area (Å²) in [6.07, 6.45) is -0.873. The summed E-state index contributed by atoms with van der Waals surface area (Å²) in [5, 5.41) is 4.88. The summed E-state index contributed by atoms with van der Waals surface area (Å²) in [5.74, 6) is 0.146. The Morgan fingerprint density at radius 2 is 2.67 bits per heavy atom. The minimum Gasteiger partial charge on any atom is -0.389 e. The summed E-state index contributed by atoms with van der Waals surface area (Å²) in [4.78, 5) is 10.0. The van der Waals surface area contributed by atoms with Gasteiger partial charge in [-0.25, -0.2) is 4.79 Å². The Balaban J connectivity index is 2.58. The van der Waals surface area contributed by atoms with E-state index in [0.29, 0.717) is 0 Å². The van der Waals surface area contributed by atoms with Crippen LogP contribution in [0.1, 0.15) is 0 Å². The van der Waals surface area contributed by atoms with Crippen molar-refractivity contribution in [2.75, 3.05) is 0 Å². The largest absolute Gasteiger partial charge is 0.411 e. The number of aromatic nitrogens is 2. The molecule has 1 aromatic heterocycles. The average Bonchev–Trinajstić information content (AvgIpc) is 2.15. The lowest BCUT2D eigenvalue weighted by molar-refractivity contribution is 0.209. The minimum absolute atomic E-state index is 0.146. The van der Waals surface area contributed by atoms with Gasteiger partial charge in [0.25, 0.3) is 5.88 Å². The van der Waals surface area contributed by atoms with E-state index in [2.05, 4.69) is 20.1 Å². The summed E-state index contributed by atoms with van der Waals surface area (Å²) in [7, 11) is 0. The summed E-state index contributed by atoms with van der Waals surface area (Å²) in [5.41, 5.74) is 4.66. The lowest BCUT2D eigenvalue weighted by Crippen LogP contribution is -2.16. The van der Waals surface area contributed by atoms with Gasteiger partial charge in [-0.1, -0.05) is 9.59 Å². The second kappa shape index (κ2) is 2.40. The van der Waals surface area contributed by atoms with Gasteiger partial charge in [-0.3, -0.25) is 0 Å². The lowest BCUT2D eigenvalue weighted by atomic mass is 10.9. The molecule has 0 unspecified atom stereocenters. The molecule has 9 heavy (non-hydrogen) atoms. The van der Waals surface area contributed by atoms with Gasteiger partial charge in [0.1, 0.15) is 0 Å². The average molecular weight is 145 g/mol. The zero-order chi connectivity index (χ0) is 6.69. The first-order valence-electron chi connectivity index (χ1n) is 2.03. The number of primary amides is 1. The molecule has 0 atom stereocenters. The molecule has 0 bridgehead atoms. The Kier molecular flexibility index (Phi) is 1.59. The highest BCUT2D eigenvalue weighted by atomic mass is 32.1. The molecule has 0 aliphatic heterocycles. The molecular formula is C3H3N3O2S. The molecule has 0 spiro atoms. The van der Waals surface area contributed by atoms with E-state index < -0.39 is 6.09 Å². The molecule has 0 saturated heterocycles. The Labute approximate surface area is 54.6 Å². The van der Waals surface area contributed by atoms with Crippen molar-refractivity contribution in [1.82, 2.24) is 9.59 Å². The number of rotatable bonds is 1. The Bertz CT molecular complexity index is 197. The maximum absolute atomic E-state index is 10.0. The number of nitrogens with zero attached hydrogens (tertiary/aromatic N) is 2. The molecule has 0 saturated carbocycles. The van der Waals surface area contributed by atoms with Gasteiger partial charge in [-0.2, -0.15) is 0 Å². The first-order valence-corrected chi connectivity index (χ1v) is 2.87. The molecule has 1 heterocycles. The number of carbonyl (C=O) groups excluding carboxylic acids is 1. The van der Waals surface area contributed by atoms with Crippen molar-refractivity contribution in [3.63, 3.8) is 0 Å². The van der Waals surface area contributed by atoms with E-state index in [1.54, 1.807) is 0 Å². The molecule has 1 amide bonds. The third-order valence-electron chi connectivity index (χ3n) is 0.545. The highest BCUT2D eigenvalue weighted by molar-refractivity contribution is 7.03. The van der Waals surface area contributed by atoms with E-state index >= 15 is 0 Å². The van der Waals surface area contributed by atoms with Gasteiger partial charge in [-0.05, 0) is 11.5 Å². The summed E-state index contributed by atoms with van der Waals surface area (Å²) in [6, 6.07) is 0. The molecule has 1 rings (SSSR count). The number of ether oxygens (including phenoxy) is 1. The fraction of sp³-hybridized carbons (Fsp3) is 0. The third-order valence-corrected chi connectivity index (χ3v) is 1.03. The highest BCUT2D eigenvalue weighted by Crippen LogP contribution is 2.05. The molecule has 1 aromatic rings. The van der Waals surface area contributed by atoms with E-state index in [1.807, 2.05) is 0 Å². The minimum atomic E-state index is -0.873. The van der Waals surface area contributed by atoms with Crippen molar-refractivity contribution in [3.05, 3.63) is 5.38 Å². The fourth-order valence-corrected chi connectivity index (χ4v) is 0.664. The Morgan fingerprint density at radius 1 is 1.89 bits per heavy atom. The molecule has 2 N–H and O–H groups in total. The van der Waals surface area contributed by atoms with Crippen LogP contribution in [0, 0.1) is 0 Å². The van der Waals surface area contributed by atoms with Crippen molar-refractivity contribution in [3.8, 4) is 5.88 Å². The summed E-state index contributed by atoms with van der Waals surface area (Å²) >= 11 is 1.09. The quantitative estimate of drug-likeness (QED) is 0.603. The molecule has 0 fully saturated rings. The van der Waals surface area contributed by atoms with Gasteiger partial charge in [-0.15, -0.1) is 0 Å². The van der Waals surface area contributed by atoms with E-state index in [0.717, 1.165) is 11.5 Å². The SMILES string of the molecule is NC(=O)Oc1csnn1. The van der Waals surface area contributed by atoms with Crippen LogP contribution in [-0.2, 0) is 0 Å². The van der Waals surface area contributed by atoms with Gasteiger partial charge < -0.3 is 10.5 Å². The van der Waals surface area contributed by atoms with Gasteiger partial charge in [0.2, 0.25) is 0 Å². The summed E-state index contributed by atoms with van der Waals surface area (Å²) < 4.78 is 7.76. The normalized spacial score (nSPS) is 8.89. The van der Waals surface area contributed by atoms with Crippen LogP contribution in [0.2, 0.25) is 0 Å². The molecule has 6 heteroatoms. The van der Waals surface area contributed by atoms with Crippen LogP contribution in [0.15, 0.2) is 5.38 Å². The molecule has 0 aliphatic rings. The third kappa shape index (κ3) is 1.65. The van der Waals surface area contributed by atoms with Crippen molar-refractivity contribution >= 4 is 17.6 Å². The highest BCUT2D eigenvalue weighted by Gasteiger charge is 1.98. The summed E-state index contributed by atoms with van der Waals surface area (Å²) in [6.45, 7) is 0. The standard InChI is InChI=1S/C3H3N3O2S/c4-3(7)8-2-1-9-6-5-2/h1H,(H2,4,7). The van der Waals surface area contributed by atoms with E-state index in [9.17, 15) is 4.79 Å². The second-order valence-corrected chi connectivity index (χ2v) is 1.77. The molecule has 48 valence electrons. The van der Waals surface area contributed by atoms with E-state index in [4.69, 9.17) is 0 Å². The van der Waals surface area contributed by atoms with Crippen molar-refractivity contribution < 1.29 is 9.53 Å². The van der Waals surface area contributed by atoms with E-state index in [1.165, 1.54) is 5.38 Å². The van der Waals surface area contributed by atoms with Gasteiger partial charge in [0, 0.05) is 0 Å². The van der Waals surface area contributed by atoms with Crippen LogP contribution >= 0.6 is 11.5 Å². The van der Waals surface area contributed by atoms with Crippen LogP contribution in [0.5, 0.6) is 5.88 Å². The lowest BCUT2D eigenvalue weighted by Gasteiger charge is -1.89. The zero-order valence-electron chi connectivity index (χ0n) is 4.27. The van der Waals surface area contributed by atoms with Crippen LogP contribution in [0.25, 0.3) is 0 Å². The van der Waals surface area contributed by atoms with Crippen LogP contribution in [-0.4, -0.2) is 15.7 Å². The monoisotopic (exact) mass is 145 g/mol. The van der Waals surface area contributed by atoms with Gasteiger partial charge in [0.05, 0.1) is 5.38 Å². The molecule has 0 radical (unpaired) electrons. The fourth-order valence-electron chi connectivity index (χ4n) is 0.304. The first-order chi connectivity index (χ1) is 4.29. The van der Waals surface area contributed by atoms with Crippen molar-refractivity contribution in [1.29, 1.82) is 0 Å². The maximum Gasteiger partial charge on any atom is 0.411 e. The van der Waals surface area contributed by atoms with Crippen LogP contribution in [0.3, 0.4) is 0 Å².